The first-order valence-corrected chi connectivity index (χ1v) is 6.10. The van der Waals surface area contributed by atoms with E-state index in [0.717, 1.165) is 21.3 Å². The van der Waals surface area contributed by atoms with Crippen LogP contribution in [-0.4, -0.2) is 9.38 Å². The molecule has 0 saturated carbocycles. The van der Waals surface area contributed by atoms with Crippen LogP contribution in [0.3, 0.4) is 0 Å². The Kier molecular flexibility index (Phi) is 2.49. The Balaban J connectivity index is 1.97. The first-order valence-electron chi connectivity index (χ1n) is 5.28. The number of pyridine rings is 1. The van der Waals surface area contributed by atoms with Crippen molar-refractivity contribution in [3.8, 4) is 0 Å². The third-order valence-electron chi connectivity index (χ3n) is 2.49. The van der Waals surface area contributed by atoms with Gasteiger partial charge in [-0.2, -0.15) is 0 Å². The normalized spacial score (nSPS) is 10.8. The fourth-order valence-corrected chi connectivity index (χ4v) is 2.51. The molecule has 17 heavy (non-hydrogen) atoms. The van der Waals surface area contributed by atoms with Crippen LogP contribution in [0.25, 0.3) is 5.65 Å². The average Bonchev–Trinajstić information content (AvgIpc) is 2.76. The highest BCUT2D eigenvalue weighted by atomic mass is 32.2. The molecule has 2 N–H and O–H groups in total. The number of rotatable bonds is 2. The largest absolute Gasteiger partial charge is 0.399 e. The second kappa shape index (κ2) is 4.14. The van der Waals surface area contributed by atoms with Gasteiger partial charge in [0.15, 0.2) is 0 Å². The van der Waals surface area contributed by atoms with Gasteiger partial charge >= 0.3 is 0 Å². The van der Waals surface area contributed by atoms with Crippen molar-refractivity contribution in [2.75, 3.05) is 5.73 Å². The second-order valence-electron chi connectivity index (χ2n) is 3.70. The van der Waals surface area contributed by atoms with Gasteiger partial charge in [0.25, 0.3) is 0 Å². The monoisotopic (exact) mass is 241 g/mol. The Morgan fingerprint density at radius 2 is 1.88 bits per heavy atom. The zero-order valence-corrected chi connectivity index (χ0v) is 9.89. The van der Waals surface area contributed by atoms with Crippen molar-refractivity contribution in [2.24, 2.45) is 0 Å². The topological polar surface area (TPSA) is 43.3 Å². The number of nitrogen functional groups attached to an aromatic ring is 1. The van der Waals surface area contributed by atoms with E-state index in [9.17, 15) is 0 Å². The molecule has 2 aromatic heterocycles. The Hall–Kier alpha value is -1.94. The number of benzene rings is 1. The minimum Gasteiger partial charge on any atom is -0.399 e. The first-order chi connectivity index (χ1) is 8.33. The fraction of sp³-hybridized carbons (Fsp3) is 0. The van der Waals surface area contributed by atoms with Crippen molar-refractivity contribution in [1.29, 1.82) is 0 Å². The van der Waals surface area contributed by atoms with Crippen LogP contribution in [0, 0.1) is 0 Å². The molecule has 4 heteroatoms. The zero-order chi connectivity index (χ0) is 11.7. The van der Waals surface area contributed by atoms with Crippen molar-refractivity contribution >= 4 is 23.1 Å². The molecule has 0 bridgehead atoms. The predicted octanol–water partition coefficient (Wildman–Crippen LogP) is 3.07. The molecule has 3 nitrogen and oxygen atoms in total. The van der Waals surface area contributed by atoms with Gasteiger partial charge in [0, 0.05) is 16.8 Å². The minimum atomic E-state index is 0.785. The molecule has 0 aliphatic heterocycles. The van der Waals surface area contributed by atoms with E-state index in [-0.39, 0.29) is 0 Å². The molecule has 0 aliphatic carbocycles. The van der Waals surface area contributed by atoms with E-state index in [4.69, 9.17) is 5.73 Å². The predicted molar refractivity (Wildman–Crippen MR) is 70.2 cm³/mol. The lowest BCUT2D eigenvalue weighted by molar-refractivity contribution is 1.05. The van der Waals surface area contributed by atoms with E-state index in [0.29, 0.717) is 0 Å². The molecule has 1 aromatic carbocycles. The summed E-state index contributed by atoms with van der Waals surface area (Å²) in [4.78, 5) is 5.51. The highest BCUT2D eigenvalue weighted by Gasteiger charge is 2.03. The summed E-state index contributed by atoms with van der Waals surface area (Å²) in [6.45, 7) is 0. The molecule has 0 atom stereocenters. The van der Waals surface area contributed by atoms with Crippen LogP contribution >= 0.6 is 11.8 Å². The molecule has 84 valence electrons. The van der Waals surface area contributed by atoms with Gasteiger partial charge in [-0.25, -0.2) is 4.98 Å². The Bertz CT molecular complexity index is 643. The number of aromatic nitrogens is 2. The number of hydrogen-bond donors (Lipinski definition) is 1. The van der Waals surface area contributed by atoms with Crippen LogP contribution in [0.4, 0.5) is 5.69 Å². The van der Waals surface area contributed by atoms with Crippen LogP contribution in [0.2, 0.25) is 0 Å². The van der Waals surface area contributed by atoms with Gasteiger partial charge in [-0.05, 0) is 36.4 Å². The van der Waals surface area contributed by atoms with E-state index >= 15 is 0 Å². The number of nitrogens with two attached hydrogens (primary N) is 1. The third-order valence-corrected chi connectivity index (χ3v) is 3.50. The van der Waals surface area contributed by atoms with Crippen molar-refractivity contribution in [1.82, 2.24) is 9.38 Å². The van der Waals surface area contributed by atoms with Crippen LogP contribution in [0.15, 0.2) is 64.8 Å². The van der Waals surface area contributed by atoms with Crippen LogP contribution < -0.4 is 5.73 Å². The maximum Gasteiger partial charge on any atom is 0.137 e. The van der Waals surface area contributed by atoms with Gasteiger partial charge in [-0.1, -0.05) is 17.8 Å². The van der Waals surface area contributed by atoms with Crippen LogP contribution in [-0.2, 0) is 0 Å². The summed E-state index contributed by atoms with van der Waals surface area (Å²) in [7, 11) is 0. The van der Waals surface area contributed by atoms with E-state index in [1.807, 2.05) is 54.9 Å². The average molecular weight is 241 g/mol. The van der Waals surface area contributed by atoms with Crippen molar-refractivity contribution in [2.45, 2.75) is 9.92 Å². The lowest BCUT2D eigenvalue weighted by Crippen LogP contribution is -1.85. The summed E-state index contributed by atoms with van der Waals surface area (Å²) >= 11 is 1.68. The number of anilines is 1. The zero-order valence-electron chi connectivity index (χ0n) is 9.08. The summed E-state index contributed by atoms with van der Waals surface area (Å²) in [5.74, 6) is 0. The smallest absolute Gasteiger partial charge is 0.137 e. The molecular formula is C13H11N3S. The Morgan fingerprint density at radius 1 is 1.06 bits per heavy atom. The van der Waals surface area contributed by atoms with Gasteiger partial charge in [0.05, 0.1) is 6.20 Å². The van der Waals surface area contributed by atoms with Gasteiger partial charge in [-0.3, -0.25) is 4.40 Å². The van der Waals surface area contributed by atoms with Gasteiger partial charge in [0.2, 0.25) is 0 Å². The molecule has 3 rings (SSSR count). The van der Waals surface area contributed by atoms with E-state index in [2.05, 4.69) is 9.38 Å². The van der Waals surface area contributed by atoms with Gasteiger partial charge in [0.1, 0.15) is 10.7 Å². The lowest BCUT2D eigenvalue weighted by atomic mass is 10.3. The molecule has 0 saturated heterocycles. The summed E-state index contributed by atoms with van der Waals surface area (Å²) in [5.41, 5.74) is 7.41. The van der Waals surface area contributed by atoms with E-state index < -0.39 is 0 Å². The summed E-state index contributed by atoms with van der Waals surface area (Å²) in [5, 5.41) is 1.10. The Morgan fingerprint density at radius 3 is 2.71 bits per heavy atom. The second-order valence-corrected chi connectivity index (χ2v) is 4.79. The summed E-state index contributed by atoms with van der Waals surface area (Å²) < 4.78 is 2.07. The molecule has 0 spiro atoms. The first kappa shape index (κ1) is 10.2. The van der Waals surface area contributed by atoms with Crippen molar-refractivity contribution in [3.63, 3.8) is 0 Å². The quantitative estimate of drug-likeness (QED) is 0.701. The van der Waals surface area contributed by atoms with Crippen molar-refractivity contribution in [3.05, 3.63) is 54.9 Å². The maximum absolute atomic E-state index is 5.66. The number of hydrogen-bond acceptors (Lipinski definition) is 3. The van der Waals surface area contributed by atoms with E-state index in [1.165, 1.54) is 0 Å². The third kappa shape index (κ3) is 1.99. The molecule has 0 fully saturated rings. The van der Waals surface area contributed by atoms with Gasteiger partial charge in [-0.15, -0.1) is 0 Å². The lowest BCUT2D eigenvalue weighted by Gasteiger charge is -2.01. The minimum absolute atomic E-state index is 0.785. The number of fused-ring (bicyclic) bond motifs is 1. The number of imidazole rings is 1. The molecule has 0 amide bonds. The Labute approximate surface area is 103 Å². The molecule has 0 aliphatic rings. The molecule has 3 aromatic rings. The summed E-state index contributed by atoms with van der Waals surface area (Å²) in [6.07, 6.45) is 3.90. The van der Waals surface area contributed by atoms with Crippen LogP contribution in [0.5, 0.6) is 0 Å². The molecular weight excluding hydrogens is 230 g/mol. The molecule has 0 radical (unpaired) electrons. The maximum atomic E-state index is 5.66. The SMILES string of the molecule is Nc1ccc(Sc2cnc3ccccn23)cc1. The number of nitrogens with zero attached hydrogens (tertiary/aromatic N) is 2. The highest BCUT2D eigenvalue weighted by Crippen LogP contribution is 2.28. The van der Waals surface area contributed by atoms with Crippen LogP contribution in [0.1, 0.15) is 0 Å². The standard InChI is InChI=1S/C13H11N3S/c14-10-4-6-11(7-5-10)17-13-9-15-12-3-1-2-8-16(12)13/h1-9H,14H2. The highest BCUT2D eigenvalue weighted by molar-refractivity contribution is 7.99. The van der Waals surface area contributed by atoms with Crippen molar-refractivity contribution < 1.29 is 0 Å². The summed E-state index contributed by atoms with van der Waals surface area (Å²) in [6, 6.07) is 13.8. The van der Waals surface area contributed by atoms with E-state index in [1.54, 1.807) is 11.8 Å². The van der Waals surface area contributed by atoms with Gasteiger partial charge < -0.3 is 5.73 Å². The molecule has 0 unspecified atom stereocenters. The molecule has 2 heterocycles. The fourth-order valence-electron chi connectivity index (χ4n) is 1.64.